The van der Waals surface area contributed by atoms with E-state index < -0.39 is 5.54 Å². The van der Waals surface area contributed by atoms with E-state index in [4.69, 9.17) is 10.5 Å². The van der Waals surface area contributed by atoms with E-state index in [0.717, 1.165) is 19.3 Å². The van der Waals surface area contributed by atoms with E-state index in [9.17, 15) is 4.79 Å². The summed E-state index contributed by atoms with van der Waals surface area (Å²) >= 11 is 0. The lowest BCUT2D eigenvalue weighted by Crippen LogP contribution is -2.50. The lowest BCUT2D eigenvalue weighted by Gasteiger charge is -2.32. The lowest BCUT2D eigenvalue weighted by atomic mass is 9.87. The van der Waals surface area contributed by atoms with Crippen molar-refractivity contribution in [1.29, 1.82) is 0 Å². The third-order valence-electron chi connectivity index (χ3n) is 4.16. The highest BCUT2D eigenvalue weighted by atomic mass is 16.5. The Kier molecular flexibility index (Phi) is 3.24. The van der Waals surface area contributed by atoms with Crippen LogP contribution in [0.2, 0.25) is 0 Å². The number of hydrogen-bond donors (Lipinski definition) is 1. The Hall–Kier alpha value is -0.570. The summed E-state index contributed by atoms with van der Waals surface area (Å²) in [5.74, 6) is 0.653. The number of ether oxygens (including phenoxy) is 1. The maximum Gasteiger partial charge on any atom is 0.326 e. The van der Waals surface area contributed by atoms with Crippen molar-refractivity contribution in [3.63, 3.8) is 0 Å². The molecule has 92 valence electrons. The molecular weight excluding hydrogens is 202 g/mol. The molecule has 0 aromatic heterocycles. The topological polar surface area (TPSA) is 52.3 Å². The summed E-state index contributed by atoms with van der Waals surface area (Å²) in [6.07, 6.45) is 6.86. The predicted molar refractivity (Wildman–Crippen MR) is 62.8 cm³/mol. The van der Waals surface area contributed by atoms with Crippen LogP contribution < -0.4 is 5.73 Å². The molecule has 2 aliphatic rings. The summed E-state index contributed by atoms with van der Waals surface area (Å²) in [5.41, 5.74) is 5.30. The largest absolute Gasteiger partial charge is 0.461 e. The van der Waals surface area contributed by atoms with E-state index in [0.29, 0.717) is 11.8 Å². The van der Waals surface area contributed by atoms with Crippen molar-refractivity contribution in [3.05, 3.63) is 0 Å². The highest BCUT2D eigenvalue weighted by molar-refractivity contribution is 5.81. The molecule has 0 aliphatic heterocycles. The van der Waals surface area contributed by atoms with Gasteiger partial charge in [-0.2, -0.15) is 0 Å². The van der Waals surface area contributed by atoms with Gasteiger partial charge in [0.25, 0.3) is 0 Å². The zero-order valence-electron chi connectivity index (χ0n) is 10.4. The number of esters is 1. The molecule has 3 unspecified atom stereocenters. The Morgan fingerprint density at radius 3 is 2.44 bits per heavy atom. The van der Waals surface area contributed by atoms with Crippen LogP contribution in [0.4, 0.5) is 0 Å². The van der Waals surface area contributed by atoms with Crippen molar-refractivity contribution >= 4 is 5.97 Å². The molecular formula is C13H23NO2. The van der Waals surface area contributed by atoms with Crippen molar-refractivity contribution in [2.75, 3.05) is 0 Å². The molecule has 2 saturated carbocycles. The molecule has 3 nitrogen and oxygen atoms in total. The third-order valence-corrected chi connectivity index (χ3v) is 4.16. The van der Waals surface area contributed by atoms with Gasteiger partial charge in [-0.3, -0.25) is 4.79 Å². The van der Waals surface area contributed by atoms with Crippen LogP contribution >= 0.6 is 0 Å². The smallest absolute Gasteiger partial charge is 0.326 e. The zero-order chi connectivity index (χ0) is 11.8. The molecule has 16 heavy (non-hydrogen) atoms. The number of nitrogens with two attached hydrogens (primary N) is 1. The Morgan fingerprint density at radius 2 is 1.88 bits per heavy atom. The van der Waals surface area contributed by atoms with Gasteiger partial charge in [0.15, 0.2) is 0 Å². The molecule has 2 rings (SSSR count). The molecule has 0 bridgehead atoms. The first-order chi connectivity index (χ1) is 7.51. The monoisotopic (exact) mass is 225 g/mol. The van der Waals surface area contributed by atoms with E-state index in [1.165, 1.54) is 19.3 Å². The molecule has 2 N–H and O–H groups in total. The van der Waals surface area contributed by atoms with E-state index in [2.05, 4.69) is 6.92 Å². The van der Waals surface area contributed by atoms with E-state index in [1.54, 1.807) is 0 Å². The number of carbonyl (C=O) groups excluding carboxylic acids is 1. The Morgan fingerprint density at radius 1 is 1.25 bits per heavy atom. The fourth-order valence-corrected chi connectivity index (χ4v) is 2.57. The zero-order valence-corrected chi connectivity index (χ0v) is 10.4. The second-order valence-electron chi connectivity index (χ2n) is 5.76. The normalized spacial score (nSPS) is 34.2. The van der Waals surface area contributed by atoms with Crippen LogP contribution in [0.3, 0.4) is 0 Å². The number of carbonyl (C=O) groups is 1. The SMILES string of the molecule is CC1CCCCC1OC(=O)C(C)(N)C1CC1. The molecule has 0 heterocycles. The Bertz CT molecular complexity index is 271. The Balaban J connectivity index is 1.90. The van der Waals surface area contributed by atoms with Crippen molar-refractivity contribution in [2.45, 2.75) is 64.0 Å². The first kappa shape index (κ1) is 11.9. The fraction of sp³-hybridized carbons (Fsp3) is 0.923. The van der Waals surface area contributed by atoms with Crippen LogP contribution in [0, 0.1) is 11.8 Å². The summed E-state index contributed by atoms with van der Waals surface area (Å²) in [6.45, 7) is 3.99. The highest BCUT2D eigenvalue weighted by Gasteiger charge is 2.46. The lowest BCUT2D eigenvalue weighted by molar-refractivity contribution is -0.160. The van der Waals surface area contributed by atoms with Gasteiger partial charge in [0, 0.05) is 0 Å². The molecule has 3 atom stereocenters. The summed E-state index contributed by atoms with van der Waals surface area (Å²) in [4.78, 5) is 12.0. The maximum absolute atomic E-state index is 12.0. The van der Waals surface area contributed by atoms with Crippen molar-refractivity contribution in [3.8, 4) is 0 Å². The standard InChI is InChI=1S/C13H23NO2/c1-9-5-3-4-6-11(9)16-12(15)13(2,14)10-7-8-10/h9-11H,3-8,14H2,1-2H3. The minimum absolute atomic E-state index is 0.0999. The summed E-state index contributed by atoms with van der Waals surface area (Å²) < 4.78 is 5.61. The molecule has 0 aromatic rings. The molecule has 0 radical (unpaired) electrons. The average molecular weight is 225 g/mol. The van der Waals surface area contributed by atoms with Gasteiger partial charge < -0.3 is 10.5 Å². The maximum atomic E-state index is 12.0. The highest BCUT2D eigenvalue weighted by Crippen LogP contribution is 2.39. The van der Waals surface area contributed by atoms with Gasteiger partial charge in [0.1, 0.15) is 11.6 Å². The van der Waals surface area contributed by atoms with Gasteiger partial charge in [0.2, 0.25) is 0 Å². The van der Waals surface area contributed by atoms with Gasteiger partial charge >= 0.3 is 5.97 Å². The molecule has 0 aromatic carbocycles. The minimum atomic E-state index is -0.753. The molecule has 2 aliphatic carbocycles. The van der Waals surface area contributed by atoms with Crippen LogP contribution in [0.25, 0.3) is 0 Å². The summed E-state index contributed by atoms with van der Waals surface area (Å²) in [5, 5.41) is 0. The van der Waals surface area contributed by atoms with Crippen molar-refractivity contribution in [1.82, 2.24) is 0 Å². The first-order valence-electron chi connectivity index (χ1n) is 6.51. The average Bonchev–Trinajstić information content (AvgIpc) is 3.04. The second kappa shape index (κ2) is 4.36. The Labute approximate surface area is 97.7 Å². The van der Waals surface area contributed by atoms with E-state index in [-0.39, 0.29) is 12.1 Å². The number of hydrogen-bond acceptors (Lipinski definition) is 3. The van der Waals surface area contributed by atoms with Gasteiger partial charge in [-0.15, -0.1) is 0 Å². The van der Waals surface area contributed by atoms with Gasteiger partial charge in [-0.1, -0.05) is 13.3 Å². The minimum Gasteiger partial charge on any atom is -0.461 e. The van der Waals surface area contributed by atoms with Crippen molar-refractivity contribution < 1.29 is 9.53 Å². The summed E-state index contributed by atoms with van der Waals surface area (Å²) in [7, 11) is 0. The second-order valence-corrected chi connectivity index (χ2v) is 5.76. The van der Waals surface area contributed by atoms with Crippen molar-refractivity contribution in [2.24, 2.45) is 17.6 Å². The number of rotatable bonds is 3. The summed E-state index contributed by atoms with van der Waals surface area (Å²) in [6, 6.07) is 0. The molecule has 0 saturated heterocycles. The molecule has 3 heteroatoms. The van der Waals surface area contributed by atoms with Crippen LogP contribution in [0.15, 0.2) is 0 Å². The molecule has 0 spiro atoms. The van der Waals surface area contributed by atoms with Gasteiger partial charge in [-0.25, -0.2) is 0 Å². The first-order valence-corrected chi connectivity index (χ1v) is 6.51. The van der Waals surface area contributed by atoms with E-state index in [1.807, 2.05) is 6.92 Å². The quantitative estimate of drug-likeness (QED) is 0.749. The molecule has 0 amide bonds. The van der Waals surface area contributed by atoms with Crippen LogP contribution in [-0.2, 0) is 9.53 Å². The third kappa shape index (κ3) is 2.40. The van der Waals surface area contributed by atoms with E-state index >= 15 is 0 Å². The van der Waals surface area contributed by atoms with Gasteiger partial charge in [0.05, 0.1) is 0 Å². The van der Waals surface area contributed by atoms with Crippen LogP contribution in [0.1, 0.15) is 52.4 Å². The predicted octanol–water partition coefficient (Wildman–Crippen LogP) is 2.24. The van der Waals surface area contributed by atoms with Crippen LogP contribution in [-0.4, -0.2) is 17.6 Å². The molecule has 2 fully saturated rings. The fourth-order valence-electron chi connectivity index (χ4n) is 2.57. The van der Waals surface area contributed by atoms with Gasteiger partial charge in [-0.05, 0) is 50.9 Å². The van der Waals surface area contributed by atoms with Crippen LogP contribution in [0.5, 0.6) is 0 Å².